The van der Waals surface area contributed by atoms with Crippen LogP contribution >= 0.6 is 11.3 Å². The molecule has 1 saturated heterocycles. The van der Waals surface area contributed by atoms with Crippen LogP contribution < -0.4 is 10.6 Å². The molecule has 0 saturated carbocycles. The Morgan fingerprint density at radius 2 is 2.04 bits per heavy atom. The van der Waals surface area contributed by atoms with Crippen LogP contribution in [0.4, 0.5) is 9.18 Å². The number of aromatic nitrogens is 1. The van der Waals surface area contributed by atoms with Gasteiger partial charge in [0.1, 0.15) is 5.82 Å². The fourth-order valence-corrected chi connectivity index (χ4v) is 3.67. The maximum absolute atomic E-state index is 13.3. The van der Waals surface area contributed by atoms with Crippen LogP contribution in [0.2, 0.25) is 0 Å². The maximum Gasteiger partial charge on any atom is 0.315 e. The summed E-state index contributed by atoms with van der Waals surface area (Å²) in [5.74, 6) is -0.264. The van der Waals surface area contributed by atoms with Crippen molar-refractivity contribution in [2.24, 2.45) is 0 Å². The zero-order valence-corrected chi connectivity index (χ0v) is 15.5. The number of thiazole rings is 1. The topological polar surface area (TPSA) is 66.5 Å². The standard InChI is InChI=1S/C18H23FN4O2S/c1-13-20-10-16(26-13)11-21-18(24)22-12-17(23-6-8-25-9-7-23)14-2-4-15(19)5-3-14/h2-5,10,17H,6-9,11-12H2,1H3,(H2,21,22,24). The molecule has 26 heavy (non-hydrogen) atoms. The van der Waals surface area contributed by atoms with Gasteiger partial charge in [0.05, 0.1) is 30.8 Å². The summed E-state index contributed by atoms with van der Waals surface area (Å²) in [7, 11) is 0. The molecule has 1 unspecified atom stereocenters. The summed E-state index contributed by atoms with van der Waals surface area (Å²) in [5.41, 5.74) is 0.978. The SMILES string of the molecule is Cc1ncc(CNC(=O)NCC(c2ccc(F)cc2)N2CCOCC2)s1. The van der Waals surface area contributed by atoms with Gasteiger partial charge in [0.25, 0.3) is 0 Å². The summed E-state index contributed by atoms with van der Waals surface area (Å²) in [6, 6.07) is 6.21. The lowest BCUT2D eigenvalue weighted by atomic mass is 10.0. The number of nitrogens with one attached hydrogen (secondary N) is 2. The van der Waals surface area contributed by atoms with Crippen LogP contribution in [0.3, 0.4) is 0 Å². The van der Waals surface area contributed by atoms with Gasteiger partial charge < -0.3 is 15.4 Å². The Morgan fingerprint density at radius 3 is 2.69 bits per heavy atom. The number of carbonyl (C=O) groups excluding carboxylic acids is 1. The first-order chi connectivity index (χ1) is 12.6. The lowest BCUT2D eigenvalue weighted by Gasteiger charge is -2.34. The summed E-state index contributed by atoms with van der Waals surface area (Å²) in [4.78, 5) is 19.6. The Labute approximate surface area is 156 Å². The van der Waals surface area contributed by atoms with E-state index in [0.29, 0.717) is 26.3 Å². The van der Waals surface area contributed by atoms with E-state index in [4.69, 9.17) is 4.74 Å². The molecule has 0 aliphatic carbocycles. The predicted octanol–water partition coefficient (Wildman–Crippen LogP) is 2.46. The highest BCUT2D eigenvalue weighted by atomic mass is 32.1. The third-order valence-corrected chi connectivity index (χ3v) is 5.20. The highest BCUT2D eigenvalue weighted by Crippen LogP contribution is 2.21. The van der Waals surface area contributed by atoms with Crippen LogP contribution in [-0.4, -0.2) is 48.8 Å². The molecule has 1 aromatic heterocycles. The van der Waals surface area contributed by atoms with Crippen molar-refractivity contribution in [3.8, 4) is 0 Å². The molecule has 1 aliphatic rings. The number of aryl methyl sites for hydroxylation is 1. The summed E-state index contributed by atoms with van der Waals surface area (Å²) in [5, 5.41) is 6.75. The first kappa shape index (κ1) is 18.8. The molecule has 2 aromatic rings. The molecule has 1 fully saturated rings. The minimum Gasteiger partial charge on any atom is -0.379 e. The van der Waals surface area contributed by atoms with E-state index in [-0.39, 0.29) is 17.9 Å². The van der Waals surface area contributed by atoms with Crippen molar-refractivity contribution in [3.63, 3.8) is 0 Å². The van der Waals surface area contributed by atoms with Gasteiger partial charge in [-0.1, -0.05) is 12.1 Å². The van der Waals surface area contributed by atoms with Gasteiger partial charge in [-0.2, -0.15) is 0 Å². The second-order valence-electron chi connectivity index (χ2n) is 6.12. The highest BCUT2D eigenvalue weighted by Gasteiger charge is 2.23. The molecule has 8 heteroatoms. The van der Waals surface area contributed by atoms with Gasteiger partial charge in [0.2, 0.25) is 0 Å². The fraction of sp³-hybridized carbons (Fsp3) is 0.444. The number of benzene rings is 1. The molecule has 3 rings (SSSR count). The Balaban J connectivity index is 1.57. The largest absolute Gasteiger partial charge is 0.379 e. The lowest BCUT2D eigenvalue weighted by Crippen LogP contribution is -2.45. The minimum atomic E-state index is -0.264. The summed E-state index contributed by atoms with van der Waals surface area (Å²) < 4.78 is 18.7. The molecule has 1 aromatic carbocycles. The lowest BCUT2D eigenvalue weighted by molar-refractivity contribution is 0.0167. The predicted molar refractivity (Wildman–Crippen MR) is 98.6 cm³/mol. The highest BCUT2D eigenvalue weighted by molar-refractivity contribution is 7.11. The smallest absolute Gasteiger partial charge is 0.315 e. The third-order valence-electron chi connectivity index (χ3n) is 4.29. The second kappa shape index (κ2) is 9.07. The van der Waals surface area contributed by atoms with Gasteiger partial charge in [0, 0.05) is 30.7 Å². The summed E-state index contributed by atoms with van der Waals surface area (Å²) in [6.07, 6.45) is 1.77. The van der Waals surface area contributed by atoms with Crippen LogP contribution in [0.1, 0.15) is 21.5 Å². The van der Waals surface area contributed by atoms with Crippen LogP contribution in [0.5, 0.6) is 0 Å². The Morgan fingerprint density at radius 1 is 1.31 bits per heavy atom. The number of halogens is 1. The van der Waals surface area contributed by atoms with Gasteiger partial charge in [-0.05, 0) is 24.6 Å². The Bertz CT molecular complexity index is 716. The maximum atomic E-state index is 13.3. The number of carbonyl (C=O) groups is 1. The van der Waals surface area contributed by atoms with Gasteiger partial charge in [0.15, 0.2) is 0 Å². The molecule has 1 aliphatic heterocycles. The fourth-order valence-electron chi connectivity index (χ4n) is 2.94. The average molecular weight is 378 g/mol. The van der Waals surface area contributed by atoms with Gasteiger partial charge in [-0.3, -0.25) is 4.90 Å². The van der Waals surface area contributed by atoms with E-state index in [2.05, 4.69) is 20.5 Å². The van der Waals surface area contributed by atoms with Crippen molar-refractivity contribution in [1.29, 1.82) is 0 Å². The molecule has 2 amide bonds. The third kappa shape index (κ3) is 5.23. The van der Waals surface area contributed by atoms with E-state index in [1.807, 2.05) is 6.92 Å². The van der Waals surface area contributed by atoms with E-state index in [0.717, 1.165) is 28.5 Å². The van der Waals surface area contributed by atoms with Crippen molar-refractivity contribution in [1.82, 2.24) is 20.5 Å². The monoisotopic (exact) mass is 378 g/mol. The van der Waals surface area contributed by atoms with Gasteiger partial charge >= 0.3 is 6.03 Å². The second-order valence-corrected chi connectivity index (χ2v) is 7.44. The van der Waals surface area contributed by atoms with Crippen molar-refractivity contribution in [2.45, 2.75) is 19.5 Å². The van der Waals surface area contributed by atoms with Crippen LogP contribution in [0.25, 0.3) is 0 Å². The van der Waals surface area contributed by atoms with Gasteiger partial charge in [-0.15, -0.1) is 11.3 Å². The molecule has 0 radical (unpaired) electrons. The van der Waals surface area contributed by atoms with Crippen molar-refractivity contribution in [3.05, 3.63) is 51.7 Å². The van der Waals surface area contributed by atoms with Gasteiger partial charge in [-0.25, -0.2) is 14.2 Å². The van der Waals surface area contributed by atoms with E-state index in [1.54, 1.807) is 29.7 Å². The van der Waals surface area contributed by atoms with Crippen LogP contribution in [-0.2, 0) is 11.3 Å². The quantitative estimate of drug-likeness (QED) is 0.810. The number of urea groups is 1. The van der Waals surface area contributed by atoms with E-state index in [1.165, 1.54) is 12.1 Å². The Kier molecular flexibility index (Phi) is 6.54. The molecule has 2 N–H and O–H groups in total. The summed E-state index contributed by atoms with van der Waals surface area (Å²) in [6.45, 7) is 5.72. The number of nitrogens with zero attached hydrogens (tertiary/aromatic N) is 2. The normalized spacial score (nSPS) is 16.2. The van der Waals surface area contributed by atoms with E-state index >= 15 is 0 Å². The first-order valence-corrected chi connectivity index (χ1v) is 9.44. The Hall–Kier alpha value is -2.03. The summed E-state index contributed by atoms with van der Waals surface area (Å²) >= 11 is 1.56. The first-order valence-electron chi connectivity index (χ1n) is 8.62. The minimum absolute atomic E-state index is 0.0177. The van der Waals surface area contributed by atoms with Crippen molar-refractivity contribution in [2.75, 3.05) is 32.8 Å². The molecular formula is C18H23FN4O2S. The molecule has 140 valence electrons. The van der Waals surface area contributed by atoms with Crippen LogP contribution in [0.15, 0.2) is 30.5 Å². The molecule has 0 bridgehead atoms. The molecule has 6 nitrogen and oxygen atoms in total. The number of amides is 2. The van der Waals surface area contributed by atoms with E-state index < -0.39 is 0 Å². The number of ether oxygens (including phenoxy) is 1. The van der Waals surface area contributed by atoms with Crippen molar-refractivity contribution >= 4 is 17.4 Å². The molecule has 1 atom stereocenters. The molecule has 2 heterocycles. The van der Waals surface area contributed by atoms with E-state index in [9.17, 15) is 9.18 Å². The van der Waals surface area contributed by atoms with Crippen molar-refractivity contribution < 1.29 is 13.9 Å². The number of rotatable bonds is 6. The van der Waals surface area contributed by atoms with Crippen LogP contribution in [0, 0.1) is 12.7 Å². The number of hydrogen-bond donors (Lipinski definition) is 2. The zero-order chi connectivity index (χ0) is 18.4. The molecule has 0 spiro atoms. The average Bonchev–Trinajstić information content (AvgIpc) is 3.08. The zero-order valence-electron chi connectivity index (χ0n) is 14.7. The molecular weight excluding hydrogens is 355 g/mol. The number of morpholine rings is 1. The number of hydrogen-bond acceptors (Lipinski definition) is 5.